The maximum absolute atomic E-state index is 11.8. The highest BCUT2D eigenvalue weighted by Crippen LogP contribution is 2.14. The summed E-state index contributed by atoms with van der Waals surface area (Å²) in [5.74, 6) is -0.706. The molecule has 0 aliphatic heterocycles. The Morgan fingerprint density at radius 2 is 1.84 bits per heavy atom. The van der Waals surface area contributed by atoms with Crippen LogP contribution >= 0.6 is 0 Å². The molecule has 0 fully saturated rings. The van der Waals surface area contributed by atoms with Gasteiger partial charge in [0.05, 0.1) is 5.56 Å². The predicted octanol–water partition coefficient (Wildman–Crippen LogP) is 2.07. The number of benzene rings is 1. The zero-order valence-corrected chi connectivity index (χ0v) is 11.3. The van der Waals surface area contributed by atoms with Gasteiger partial charge in [-0.2, -0.15) is 0 Å². The van der Waals surface area contributed by atoms with E-state index in [0.29, 0.717) is 5.75 Å². The van der Waals surface area contributed by atoms with Crippen LogP contribution in [0.5, 0.6) is 5.75 Å². The van der Waals surface area contributed by atoms with Gasteiger partial charge in [0.25, 0.3) is 5.91 Å². The second-order valence-electron chi connectivity index (χ2n) is 4.41. The van der Waals surface area contributed by atoms with E-state index in [2.05, 4.69) is 5.32 Å². The summed E-state index contributed by atoms with van der Waals surface area (Å²) in [5.41, 5.74) is 0.184. The lowest BCUT2D eigenvalue weighted by Gasteiger charge is -2.17. The van der Waals surface area contributed by atoms with E-state index in [9.17, 15) is 9.59 Å². The molecular formula is C14H19NO4. The first-order valence-corrected chi connectivity index (χ1v) is 6.24. The van der Waals surface area contributed by atoms with Crippen LogP contribution in [0.4, 0.5) is 0 Å². The zero-order valence-electron chi connectivity index (χ0n) is 11.3. The Hall–Kier alpha value is -2.04. The minimum Gasteiger partial charge on any atom is -0.481 e. The number of nitrogens with one attached hydrogen (secondary N) is 1. The molecule has 2 unspecified atom stereocenters. The summed E-state index contributed by atoms with van der Waals surface area (Å²) in [5, 5.41) is 11.6. The molecule has 19 heavy (non-hydrogen) atoms. The molecule has 1 amide bonds. The van der Waals surface area contributed by atoms with Gasteiger partial charge in [0.15, 0.2) is 6.10 Å². The van der Waals surface area contributed by atoms with Gasteiger partial charge in [0.1, 0.15) is 5.75 Å². The van der Waals surface area contributed by atoms with Crippen LogP contribution in [0, 0.1) is 0 Å². The lowest BCUT2D eigenvalue weighted by molar-refractivity contribution is -0.127. The first-order valence-electron chi connectivity index (χ1n) is 6.24. The van der Waals surface area contributed by atoms with Crippen molar-refractivity contribution >= 4 is 11.9 Å². The minimum absolute atomic E-state index is 0.105. The highest BCUT2D eigenvalue weighted by Gasteiger charge is 2.16. The maximum Gasteiger partial charge on any atom is 0.335 e. The Labute approximate surface area is 112 Å². The normalized spacial score (nSPS) is 13.4. The van der Waals surface area contributed by atoms with Crippen molar-refractivity contribution in [2.75, 3.05) is 0 Å². The Morgan fingerprint density at radius 1 is 1.26 bits per heavy atom. The van der Waals surface area contributed by atoms with E-state index in [-0.39, 0.29) is 17.5 Å². The van der Waals surface area contributed by atoms with Crippen molar-refractivity contribution < 1.29 is 19.4 Å². The average Bonchev–Trinajstić information content (AvgIpc) is 2.38. The molecule has 5 heteroatoms. The summed E-state index contributed by atoms with van der Waals surface area (Å²) in [4.78, 5) is 22.5. The van der Waals surface area contributed by atoms with Crippen molar-refractivity contribution in [1.82, 2.24) is 5.32 Å². The molecule has 1 aromatic rings. The van der Waals surface area contributed by atoms with Crippen molar-refractivity contribution in [3.8, 4) is 5.75 Å². The summed E-state index contributed by atoms with van der Waals surface area (Å²) in [6.45, 7) is 5.57. The summed E-state index contributed by atoms with van der Waals surface area (Å²) in [6, 6.07) is 6.06. The van der Waals surface area contributed by atoms with E-state index in [1.165, 1.54) is 24.3 Å². The quantitative estimate of drug-likeness (QED) is 0.825. The number of aromatic carboxylic acids is 1. The molecule has 1 rings (SSSR count). The number of ether oxygens (including phenoxy) is 1. The van der Waals surface area contributed by atoms with Gasteiger partial charge in [-0.1, -0.05) is 6.92 Å². The molecule has 0 saturated heterocycles. The molecule has 0 aliphatic rings. The number of carboxylic acids is 1. The first kappa shape index (κ1) is 15.0. The molecular weight excluding hydrogens is 246 g/mol. The average molecular weight is 265 g/mol. The van der Waals surface area contributed by atoms with Crippen LogP contribution < -0.4 is 10.1 Å². The fourth-order valence-electron chi connectivity index (χ4n) is 1.40. The summed E-state index contributed by atoms with van der Waals surface area (Å²) < 4.78 is 5.45. The smallest absolute Gasteiger partial charge is 0.335 e. The molecule has 5 nitrogen and oxygen atoms in total. The van der Waals surface area contributed by atoms with Crippen LogP contribution in [0.2, 0.25) is 0 Å². The highest BCUT2D eigenvalue weighted by molar-refractivity contribution is 5.87. The summed E-state index contributed by atoms with van der Waals surface area (Å²) >= 11 is 0. The van der Waals surface area contributed by atoms with E-state index >= 15 is 0 Å². The first-order chi connectivity index (χ1) is 8.93. The number of hydrogen-bond donors (Lipinski definition) is 2. The van der Waals surface area contributed by atoms with Gasteiger partial charge in [-0.15, -0.1) is 0 Å². The number of carboxylic acid groups (broad SMARTS) is 1. The minimum atomic E-state index is -0.992. The van der Waals surface area contributed by atoms with Crippen LogP contribution in [0.1, 0.15) is 37.6 Å². The summed E-state index contributed by atoms with van der Waals surface area (Å²) in [6.07, 6.45) is 0.232. The van der Waals surface area contributed by atoms with Crippen LogP contribution in [0.3, 0.4) is 0 Å². The Morgan fingerprint density at radius 3 is 2.32 bits per heavy atom. The molecule has 0 saturated carbocycles. The third kappa shape index (κ3) is 4.62. The van der Waals surface area contributed by atoms with Gasteiger partial charge in [0.2, 0.25) is 0 Å². The monoisotopic (exact) mass is 265 g/mol. The number of rotatable bonds is 6. The lowest BCUT2D eigenvalue weighted by atomic mass is 10.2. The third-order valence-electron chi connectivity index (χ3n) is 2.78. The van der Waals surface area contributed by atoms with Crippen molar-refractivity contribution in [2.45, 2.75) is 39.3 Å². The second kappa shape index (κ2) is 6.78. The zero-order chi connectivity index (χ0) is 14.4. The molecule has 0 spiro atoms. The van der Waals surface area contributed by atoms with Crippen LogP contribution in [0.25, 0.3) is 0 Å². The van der Waals surface area contributed by atoms with Gasteiger partial charge < -0.3 is 15.2 Å². The van der Waals surface area contributed by atoms with E-state index in [0.717, 1.165) is 6.42 Å². The van der Waals surface area contributed by atoms with Crippen LogP contribution in [-0.4, -0.2) is 29.1 Å². The fraction of sp³-hybridized carbons (Fsp3) is 0.429. The van der Waals surface area contributed by atoms with Gasteiger partial charge in [-0.05, 0) is 44.5 Å². The second-order valence-corrected chi connectivity index (χ2v) is 4.41. The van der Waals surface area contributed by atoms with Crippen molar-refractivity contribution in [3.05, 3.63) is 29.8 Å². The predicted molar refractivity (Wildman–Crippen MR) is 71.4 cm³/mol. The van der Waals surface area contributed by atoms with Gasteiger partial charge in [-0.3, -0.25) is 4.79 Å². The molecule has 1 aromatic carbocycles. The topological polar surface area (TPSA) is 75.6 Å². The van der Waals surface area contributed by atoms with Crippen molar-refractivity contribution in [2.24, 2.45) is 0 Å². The van der Waals surface area contributed by atoms with Crippen LogP contribution in [-0.2, 0) is 4.79 Å². The van der Waals surface area contributed by atoms with Crippen LogP contribution in [0.15, 0.2) is 24.3 Å². The van der Waals surface area contributed by atoms with Gasteiger partial charge >= 0.3 is 5.97 Å². The van der Waals surface area contributed by atoms with Crippen molar-refractivity contribution in [3.63, 3.8) is 0 Å². The molecule has 0 bridgehead atoms. The van der Waals surface area contributed by atoms with E-state index in [1.54, 1.807) is 6.92 Å². The number of hydrogen-bond acceptors (Lipinski definition) is 3. The highest BCUT2D eigenvalue weighted by atomic mass is 16.5. The molecule has 2 N–H and O–H groups in total. The Kier molecular flexibility index (Phi) is 5.36. The van der Waals surface area contributed by atoms with E-state index in [1.807, 2.05) is 13.8 Å². The maximum atomic E-state index is 11.8. The third-order valence-corrected chi connectivity index (χ3v) is 2.78. The Bertz CT molecular complexity index is 441. The molecule has 0 radical (unpaired) electrons. The number of amides is 1. The fourth-order valence-corrected chi connectivity index (χ4v) is 1.40. The SMILES string of the molecule is CCC(C)NC(=O)C(C)Oc1ccc(C(=O)O)cc1. The molecule has 0 aromatic heterocycles. The number of carbonyl (C=O) groups is 2. The van der Waals surface area contributed by atoms with E-state index < -0.39 is 12.1 Å². The Balaban J connectivity index is 2.58. The molecule has 0 heterocycles. The van der Waals surface area contributed by atoms with Gasteiger partial charge in [0, 0.05) is 6.04 Å². The lowest BCUT2D eigenvalue weighted by Crippen LogP contribution is -2.40. The van der Waals surface area contributed by atoms with E-state index in [4.69, 9.17) is 9.84 Å². The summed E-state index contributed by atoms with van der Waals surface area (Å²) in [7, 11) is 0. The van der Waals surface area contributed by atoms with Gasteiger partial charge in [-0.25, -0.2) is 4.79 Å². The molecule has 2 atom stereocenters. The molecule has 104 valence electrons. The number of carbonyl (C=O) groups excluding carboxylic acids is 1. The standard InChI is InChI=1S/C14H19NO4/c1-4-9(2)15-13(16)10(3)19-12-7-5-11(6-8-12)14(17)18/h5-10H,4H2,1-3H3,(H,15,16)(H,17,18). The largest absolute Gasteiger partial charge is 0.481 e. The molecule has 0 aliphatic carbocycles. The van der Waals surface area contributed by atoms with Crippen molar-refractivity contribution in [1.29, 1.82) is 0 Å².